The molecule has 4 rings (SSSR count). The Bertz CT molecular complexity index is 862. The summed E-state index contributed by atoms with van der Waals surface area (Å²) in [6.07, 6.45) is 2.22. The van der Waals surface area contributed by atoms with Gasteiger partial charge in [0.25, 0.3) is 0 Å². The molecule has 1 aromatic heterocycles. The first kappa shape index (κ1) is 14.6. The molecule has 122 valence electrons. The molecule has 0 saturated heterocycles. The molecule has 5 heteroatoms. The zero-order chi connectivity index (χ0) is 16.4. The number of ether oxygens (including phenoxy) is 2. The maximum atomic E-state index is 12.3. The van der Waals surface area contributed by atoms with Crippen molar-refractivity contribution in [3.63, 3.8) is 0 Å². The van der Waals surface area contributed by atoms with Gasteiger partial charge in [-0.3, -0.25) is 0 Å². The highest BCUT2D eigenvalue weighted by Crippen LogP contribution is 2.47. The van der Waals surface area contributed by atoms with Crippen molar-refractivity contribution in [1.82, 2.24) is 0 Å². The quantitative estimate of drug-likeness (QED) is 0.819. The van der Waals surface area contributed by atoms with E-state index >= 15 is 0 Å². The fraction of sp³-hybridized carbons (Fsp3) is 0.500. The molecule has 0 bridgehead atoms. The summed E-state index contributed by atoms with van der Waals surface area (Å²) in [4.78, 5) is 12.3. The molecule has 0 amide bonds. The number of methoxy groups -OCH3 is 1. The fourth-order valence-electron chi connectivity index (χ4n) is 3.89. The van der Waals surface area contributed by atoms with Crippen LogP contribution < -0.4 is 15.1 Å². The maximum absolute atomic E-state index is 12.3. The lowest BCUT2D eigenvalue weighted by Gasteiger charge is -2.36. The van der Waals surface area contributed by atoms with E-state index in [1.54, 1.807) is 13.2 Å². The Kier molecular flexibility index (Phi) is 3.00. The van der Waals surface area contributed by atoms with Crippen LogP contribution in [0.15, 0.2) is 15.3 Å². The first-order valence-corrected chi connectivity index (χ1v) is 7.98. The number of aliphatic hydroxyl groups excluding tert-OH is 1. The third-order valence-corrected chi connectivity index (χ3v) is 4.83. The normalized spacial score (nSPS) is 21.7. The Morgan fingerprint density at radius 2 is 2.04 bits per heavy atom. The van der Waals surface area contributed by atoms with Crippen LogP contribution in [0, 0.1) is 0 Å². The van der Waals surface area contributed by atoms with Gasteiger partial charge in [0, 0.05) is 18.1 Å². The first-order chi connectivity index (χ1) is 10.9. The van der Waals surface area contributed by atoms with Gasteiger partial charge in [-0.05, 0) is 38.7 Å². The van der Waals surface area contributed by atoms with Crippen molar-refractivity contribution >= 4 is 11.0 Å². The van der Waals surface area contributed by atoms with E-state index in [4.69, 9.17) is 13.9 Å². The minimum atomic E-state index is -0.732. The number of rotatable bonds is 1. The molecule has 1 N–H and O–H groups in total. The van der Waals surface area contributed by atoms with Crippen LogP contribution in [0.4, 0.5) is 0 Å². The molecule has 0 saturated carbocycles. The van der Waals surface area contributed by atoms with Crippen LogP contribution in [0.25, 0.3) is 11.0 Å². The zero-order valence-electron chi connectivity index (χ0n) is 13.6. The monoisotopic (exact) mass is 316 g/mol. The molecule has 23 heavy (non-hydrogen) atoms. The summed E-state index contributed by atoms with van der Waals surface area (Å²) < 4.78 is 17.1. The number of hydrogen-bond donors (Lipinski definition) is 1. The fourth-order valence-corrected chi connectivity index (χ4v) is 3.89. The molecule has 2 aliphatic rings. The molecular formula is C18H20O5. The first-order valence-electron chi connectivity index (χ1n) is 7.98. The highest BCUT2D eigenvalue weighted by Gasteiger charge is 2.37. The van der Waals surface area contributed by atoms with E-state index in [2.05, 4.69) is 0 Å². The summed E-state index contributed by atoms with van der Waals surface area (Å²) in [7, 11) is 1.60. The van der Waals surface area contributed by atoms with Crippen molar-refractivity contribution in [2.75, 3.05) is 7.11 Å². The Morgan fingerprint density at radius 3 is 2.78 bits per heavy atom. The third-order valence-electron chi connectivity index (χ3n) is 4.83. The number of fused-ring (bicyclic) bond motifs is 5. The molecule has 0 fully saturated rings. The largest absolute Gasteiger partial charge is 0.496 e. The topological polar surface area (TPSA) is 68.9 Å². The molecule has 2 heterocycles. The van der Waals surface area contributed by atoms with Gasteiger partial charge in [0.15, 0.2) is 5.58 Å². The van der Waals surface area contributed by atoms with E-state index < -0.39 is 11.7 Å². The predicted octanol–water partition coefficient (Wildman–Crippen LogP) is 2.88. The van der Waals surface area contributed by atoms with Gasteiger partial charge in [-0.25, -0.2) is 4.79 Å². The highest BCUT2D eigenvalue weighted by atomic mass is 16.5. The van der Waals surface area contributed by atoms with Crippen molar-refractivity contribution in [3.8, 4) is 11.5 Å². The van der Waals surface area contributed by atoms with Crippen LogP contribution >= 0.6 is 0 Å². The standard InChI is InChI=1S/C18H20O5/c1-18(2)8-11(19)15-13(23-18)7-12(21-3)14-9-5-4-6-10(9)17(20)22-16(14)15/h7,11,19H,4-6,8H2,1-3H3. The summed E-state index contributed by atoms with van der Waals surface area (Å²) in [5.41, 5.74) is 1.91. The van der Waals surface area contributed by atoms with E-state index in [1.807, 2.05) is 13.8 Å². The van der Waals surface area contributed by atoms with Crippen molar-refractivity contribution in [1.29, 1.82) is 0 Å². The third kappa shape index (κ3) is 2.06. The van der Waals surface area contributed by atoms with Crippen molar-refractivity contribution in [2.24, 2.45) is 0 Å². The number of aliphatic hydroxyl groups is 1. The van der Waals surface area contributed by atoms with Crippen LogP contribution in [-0.2, 0) is 12.8 Å². The Balaban J connectivity index is 2.12. The van der Waals surface area contributed by atoms with Crippen molar-refractivity contribution < 1.29 is 19.0 Å². The molecular weight excluding hydrogens is 296 g/mol. The second-order valence-corrected chi connectivity index (χ2v) is 6.98. The molecule has 2 aromatic rings. The maximum Gasteiger partial charge on any atom is 0.339 e. The van der Waals surface area contributed by atoms with E-state index in [9.17, 15) is 9.90 Å². The molecule has 0 radical (unpaired) electrons. The zero-order valence-corrected chi connectivity index (χ0v) is 13.6. The summed E-state index contributed by atoms with van der Waals surface area (Å²) in [6.45, 7) is 3.85. The van der Waals surface area contributed by atoms with Crippen LogP contribution in [0.2, 0.25) is 0 Å². The molecule has 1 atom stereocenters. The van der Waals surface area contributed by atoms with Gasteiger partial charge < -0.3 is 19.0 Å². The Morgan fingerprint density at radius 1 is 1.30 bits per heavy atom. The van der Waals surface area contributed by atoms with E-state index in [-0.39, 0.29) is 5.63 Å². The van der Waals surface area contributed by atoms with Gasteiger partial charge in [0.1, 0.15) is 17.1 Å². The van der Waals surface area contributed by atoms with Gasteiger partial charge in [-0.1, -0.05) is 0 Å². The number of aryl methyl sites for hydroxylation is 1. The lowest BCUT2D eigenvalue weighted by molar-refractivity contribution is 0.0118. The second kappa shape index (κ2) is 4.74. The number of benzene rings is 1. The predicted molar refractivity (Wildman–Crippen MR) is 85.3 cm³/mol. The van der Waals surface area contributed by atoms with Gasteiger partial charge in [0.2, 0.25) is 0 Å². The second-order valence-electron chi connectivity index (χ2n) is 6.98. The number of hydrogen-bond acceptors (Lipinski definition) is 5. The van der Waals surface area contributed by atoms with Gasteiger partial charge in [0.05, 0.1) is 24.2 Å². The minimum absolute atomic E-state index is 0.308. The smallest absolute Gasteiger partial charge is 0.339 e. The van der Waals surface area contributed by atoms with E-state index in [0.29, 0.717) is 29.1 Å². The van der Waals surface area contributed by atoms with Crippen molar-refractivity contribution in [2.45, 2.75) is 51.2 Å². The minimum Gasteiger partial charge on any atom is -0.496 e. The van der Waals surface area contributed by atoms with Crippen LogP contribution in [0.3, 0.4) is 0 Å². The molecule has 1 aromatic carbocycles. The van der Waals surface area contributed by atoms with Gasteiger partial charge >= 0.3 is 5.63 Å². The van der Waals surface area contributed by atoms with Gasteiger partial charge in [-0.2, -0.15) is 0 Å². The summed E-state index contributed by atoms with van der Waals surface area (Å²) in [5, 5.41) is 11.4. The molecule has 5 nitrogen and oxygen atoms in total. The van der Waals surface area contributed by atoms with Crippen LogP contribution in [0.5, 0.6) is 11.5 Å². The molecule has 1 aliphatic heterocycles. The average Bonchev–Trinajstić information content (AvgIpc) is 2.94. The Labute approximate surface area is 133 Å². The molecule has 1 aliphatic carbocycles. The SMILES string of the molecule is COc1cc2c(c3oc(=O)c4c(c13)CCC4)C(O)CC(C)(C)O2. The highest BCUT2D eigenvalue weighted by molar-refractivity contribution is 5.92. The lowest BCUT2D eigenvalue weighted by Crippen LogP contribution is -2.35. The summed E-state index contributed by atoms with van der Waals surface area (Å²) in [5.74, 6) is 1.16. The lowest BCUT2D eigenvalue weighted by atomic mass is 9.89. The van der Waals surface area contributed by atoms with E-state index in [0.717, 1.165) is 35.8 Å². The molecule has 0 spiro atoms. The Hall–Kier alpha value is -2.01. The van der Waals surface area contributed by atoms with E-state index in [1.165, 1.54) is 0 Å². The van der Waals surface area contributed by atoms with Crippen LogP contribution in [0.1, 0.15) is 49.5 Å². The van der Waals surface area contributed by atoms with Crippen molar-refractivity contribution in [3.05, 3.63) is 33.2 Å². The average molecular weight is 316 g/mol. The van der Waals surface area contributed by atoms with Crippen LogP contribution in [-0.4, -0.2) is 17.8 Å². The summed E-state index contributed by atoms with van der Waals surface area (Å²) in [6, 6.07) is 1.81. The molecule has 1 unspecified atom stereocenters. The van der Waals surface area contributed by atoms with Gasteiger partial charge in [-0.15, -0.1) is 0 Å². The summed E-state index contributed by atoms with van der Waals surface area (Å²) >= 11 is 0.